The normalized spacial score (nSPS) is 10.8. The first-order valence-corrected chi connectivity index (χ1v) is 8.08. The Kier molecular flexibility index (Phi) is 4.47. The first-order valence-electron chi connectivity index (χ1n) is 8.08. The van der Waals surface area contributed by atoms with Crippen LogP contribution >= 0.6 is 0 Å². The predicted molar refractivity (Wildman–Crippen MR) is 96.3 cm³/mol. The molecule has 1 aromatic heterocycles. The van der Waals surface area contributed by atoms with Crippen LogP contribution in [0.1, 0.15) is 29.8 Å². The monoisotopic (exact) mass is 319 g/mol. The third-order valence-electron chi connectivity index (χ3n) is 3.80. The molecule has 0 radical (unpaired) electrons. The number of hydrogen-bond donors (Lipinski definition) is 1. The van der Waals surface area contributed by atoms with Crippen molar-refractivity contribution in [3.63, 3.8) is 0 Å². The van der Waals surface area contributed by atoms with Gasteiger partial charge >= 0.3 is 0 Å². The first kappa shape index (κ1) is 16.0. The molecule has 0 fully saturated rings. The number of carbonyl (C=O) groups excluding carboxylic acids is 1. The number of amides is 1. The Morgan fingerprint density at radius 3 is 2.38 bits per heavy atom. The van der Waals surface area contributed by atoms with E-state index in [1.54, 1.807) is 10.9 Å². The van der Waals surface area contributed by atoms with Crippen LogP contribution in [0.25, 0.3) is 16.9 Å². The lowest BCUT2D eigenvalue weighted by atomic mass is 10.0. The summed E-state index contributed by atoms with van der Waals surface area (Å²) in [6, 6.07) is 17.9. The smallest absolute Gasteiger partial charge is 0.255 e. The highest BCUT2D eigenvalue weighted by Gasteiger charge is 2.20. The lowest BCUT2D eigenvalue weighted by Gasteiger charge is -2.09. The number of para-hydroxylation sites is 1. The summed E-state index contributed by atoms with van der Waals surface area (Å²) in [7, 11) is 0. The molecule has 3 aromatic rings. The van der Waals surface area contributed by atoms with Crippen molar-refractivity contribution in [3.8, 4) is 16.9 Å². The van der Waals surface area contributed by atoms with Gasteiger partial charge in [0.05, 0.1) is 11.3 Å². The van der Waals surface area contributed by atoms with Crippen LogP contribution in [0.4, 0.5) is 0 Å². The van der Waals surface area contributed by atoms with E-state index in [0.29, 0.717) is 11.3 Å². The second-order valence-electron chi connectivity index (χ2n) is 6.11. The summed E-state index contributed by atoms with van der Waals surface area (Å²) < 4.78 is 1.76. The van der Waals surface area contributed by atoms with E-state index in [2.05, 4.69) is 5.32 Å². The van der Waals surface area contributed by atoms with Gasteiger partial charge in [0.25, 0.3) is 5.91 Å². The maximum absolute atomic E-state index is 12.6. The number of hydrogen-bond acceptors (Lipinski definition) is 2. The van der Waals surface area contributed by atoms with Gasteiger partial charge in [0.1, 0.15) is 5.69 Å². The van der Waals surface area contributed by atoms with E-state index < -0.39 is 0 Å². The quantitative estimate of drug-likeness (QED) is 0.790. The van der Waals surface area contributed by atoms with Gasteiger partial charge < -0.3 is 5.32 Å². The van der Waals surface area contributed by atoms with Gasteiger partial charge in [0.15, 0.2) is 0 Å². The van der Waals surface area contributed by atoms with Crippen LogP contribution in [-0.4, -0.2) is 21.7 Å². The topological polar surface area (TPSA) is 46.9 Å². The molecule has 3 rings (SSSR count). The van der Waals surface area contributed by atoms with Crippen molar-refractivity contribution >= 4 is 5.91 Å². The number of rotatable bonds is 4. The Hall–Kier alpha value is -2.88. The molecule has 4 heteroatoms. The van der Waals surface area contributed by atoms with Crippen molar-refractivity contribution < 1.29 is 4.79 Å². The molecule has 4 nitrogen and oxygen atoms in total. The molecule has 0 unspecified atom stereocenters. The molecule has 0 aliphatic carbocycles. The fourth-order valence-electron chi connectivity index (χ4n) is 2.63. The van der Waals surface area contributed by atoms with Crippen molar-refractivity contribution in [3.05, 3.63) is 71.9 Å². The van der Waals surface area contributed by atoms with Crippen LogP contribution in [0, 0.1) is 6.92 Å². The van der Waals surface area contributed by atoms with Crippen molar-refractivity contribution in [2.24, 2.45) is 0 Å². The van der Waals surface area contributed by atoms with Crippen molar-refractivity contribution in [2.45, 2.75) is 26.8 Å². The summed E-state index contributed by atoms with van der Waals surface area (Å²) in [5.41, 5.74) is 4.28. The molecular formula is C20H21N3O. The summed E-state index contributed by atoms with van der Waals surface area (Å²) in [5.74, 6) is -0.106. The highest BCUT2D eigenvalue weighted by molar-refractivity contribution is 6.00. The zero-order chi connectivity index (χ0) is 17.1. The number of aromatic nitrogens is 2. The van der Waals surface area contributed by atoms with E-state index in [-0.39, 0.29) is 11.9 Å². The third kappa shape index (κ3) is 3.23. The Balaban J connectivity index is 2.14. The van der Waals surface area contributed by atoms with E-state index >= 15 is 0 Å². The Morgan fingerprint density at radius 1 is 1.04 bits per heavy atom. The molecule has 2 aromatic carbocycles. The molecule has 0 saturated heterocycles. The minimum atomic E-state index is -0.106. The maximum Gasteiger partial charge on any atom is 0.255 e. The number of benzene rings is 2. The predicted octanol–water partition coefficient (Wildman–Crippen LogP) is 3.99. The van der Waals surface area contributed by atoms with Gasteiger partial charge in [-0.2, -0.15) is 5.10 Å². The first-order chi connectivity index (χ1) is 11.6. The Morgan fingerprint density at radius 2 is 1.71 bits per heavy atom. The average Bonchev–Trinajstić information content (AvgIpc) is 3.01. The van der Waals surface area contributed by atoms with Gasteiger partial charge in [0, 0.05) is 17.8 Å². The summed E-state index contributed by atoms with van der Waals surface area (Å²) in [6.45, 7) is 5.93. The summed E-state index contributed by atoms with van der Waals surface area (Å²) >= 11 is 0. The Bertz CT molecular complexity index is 850. The molecule has 0 bridgehead atoms. The van der Waals surface area contributed by atoms with Crippen molar-refractivity contribution in [2.75, 3.05) is 0 Å². The molecule has 24 heavy (non-hydrogen) atoms. The van der Waals surface area contributed by atoms with Crippen LogP contribution in [0.3, 0.4) is 0 Å². The van der Waals surface area contributed by atoms with Gasteiger partial charge in [0.2, 0.25) is 0 Å². The SMILES string of the molecule is Cc1ccccc1-c1nn(-c2ccccc2)cc1C(=O)NC(C)C. The second kappa shape index (κ2) is 6.71. The molecule has 0 aliphatic heterocycles. The average molecular weight is 319 g/mol. The fourth-order valence-corrected chi connectivity index (χ4v) is 2.63. The second-order valence-corrected chi connectivity index (χ2v) is 6.11. The van der Waals surface area contributed by atoms with E-state index in [1.807, 2.05) is 75.4 Å². The molecule has 0 aliphatic rings. The van der Waals surface area contributed by atoms with E-state index in [9.17, 15) is 4.79 Å². The minimum absolute atomic E-state index is 0.0716. The molecule has 1 amide bonds. The molecule has 1 N–H and O–H groups in total. The van der Waals surface area contributed by atoms with Gasteiger partial charge in [-0.15, -0.1) is 0 Å². The van der Waals surface area contributed by atoms with E-state index in [4.69, 9.17) is 5.10 Å². The van der Waals surface area contributed by atoms with Gasteiger partial charge in [-0.1, -0.05) is 42.5 Å². The number of nitrogens with zero attached hydrogens (tertiary/aromatic N) is 2. The number of carbonyl (C=O) groups is 1. The number of nitrogens with one attached hydrogen (secondary N) is 1. The van der Waals surface area contributed by atoms with Crippen LogP contribution in [0.15, 0.2) is 60.8 Å². The lowest BCUT2D eigenvalue weighted by Crippen LogP contribution is -2.30. The molecule has 0 atom stereocenters. The molecule has 1 heterocycles. The molecule has 0 spiro atoms. The highest BCUT2D eigenvalue weighted by atomic mass is 16.1. The zero-order valence-corrected chi connectivity index (χ0v) is 14.2. The van der Waals surface area contributed by atoms with Crippen molar-refractivity contribution in [1.29, 1.82) is 0 Å². The van der Waals surface area contributed by atoms with Gasteiger partial charge in [-0.25, -0.2) is 4.68 Å². The lowest BCUT2D eigenvalue weighted by molar-refractivity contribution is 0.0944. The standard InChI is InChI=1S/C20H21N3O/c1-14(2)21-20(24)18-13-23(16-10-5-4-6-11-16)22-19(18)17-12-8-7-9-15(17)3/h4-14H,1-3H3,(H,21,24). The largest absolute Gasteiger partial charge is 0.350 e. The van der Waals surface area contributed by atoms with Gasteiger partial charge in [-0.05, 0) is 38.5 Å². The van der Waals surface area contributed by atoms with Crippen LogP contribution in [0.2, 0.25) is 0 Å². The summed E-state index contributed by atoms with van der Waals surface area (Å²) in [6.07, 6.45) is 1.80. The molecule has 122 valence electrons. The fraction of sp³-hybridized carbons (Fsp3) is 0.200. The van der Waals surface area contributed by atoms with Gasteiger partial charge in [-0.3, -0.25) is 4.79 Å². The highest BCUT2D eigenvalue weighted by Crippen LogP contribution is 2.26. The zero-order valence-electron chi connectivity index (χ0n) is 14.2. The molecule has 0 saturated carbocycles. The van der Waals surface area contributed by atoms with E-state index in [0.717, 1.165) is 16.8 Å². The van der Waals surface area contributed by atoms with E-state index in [1.165, 1.54) is 0 Å². The Labute approximate surface area is 142 Å². The van der Waals surface area contributed by atoms with Crippen LogP contribution in [-0.2, 0) is 0 Å². The summed E-state index contributed by atoms with van der Waals surface area (Å²) in [5, 5.41) is 7.66. The van der Waals surface area contributed by atoms with Crippen molar-refractivity contribution in [1.82, 2.24) is 15.1 Å². The third-order valence-corrected chi connectivity index (χ3v) is 3.80. The minimum Gasteiger partial charge on any atom is -0.350 e. The maximum atomic E-state index is 12.6. The summed E-state index contributed by atoms with van der Waals surface area (Å²) in [4.78, 5) is 12.6. The van der Waals surface area contributed by atoms with Crippen LogP contribution < -0.4 is 5.32 Å². The molecular weight excluding hydrogens is 298 g/mol. The number of aryl methyl sites for hydroxylation is 1. The van der Waals surface area contributed by atoms with Crippen LogP contribution in [0.5, 0.6) is 0 Å².